The van der Waals surface area contributed by atoms with Gasteiger partial charge in [-0.15, -0.1) is 0 Å². The lowest BCUT2D eigenvalue weighted by Gasteiger charge is -2.08. The quantitative estimate of drug-likeness (QED) is 0.520. The second-order valence-electron chi connectivity index (χ2n) is 4.12. The molecule has 0 unspecified atom stereocenters. The van der Waals surface area contributed by atoms with Crippen LogP contribution in [-0.4, -0.2) is 5.91 Å². The summed E-state index contributed by atoms with van der Waals surface area (Å²) in [5.41, 5.74) is -0.380. The molecule has 0 aliphatic heterocycles. The number of halogens is 5. The van der Waals surface area contributed by atoms with Gasteiger partial charge >= 0.3 is 0 Å². The van der Waals surface area contributed by atoms with Crippen LogP contribution in [0, 0.1) is 23.3 Å². The number of carbonyl (C=O) groups excluding carboxylic acids is 1. The first-order valence-corrected chi connectivity index (χ1v) is 6.14. The molecule has 110 valence electrons. The van der Waals surface area contributed by atoms with Gasteiger partial charge in [0.15, 0.2) is 23.3 Å². The minimum absolute atomic E-state index is 0.0709. The third-order valence-electron chi connectivity index (χ3n) is 2.74. The Morgan fingerprint density at radius 3 is 2.38 bits per heavy atom. The highest BCUT2D eigenvalue weighted by Crippen LogP contribution is 2.19. The van der Waals surface area contributed by atoms with E-state index in [1.807, 2.05) is 0 Å². The molecule has 2 nitrogen and oxygen atoms in total. The molecule has 0 heterocycles. The minimum atomic E-state index is -2.03. The summed E-state index contributed by atoms with van der Waals surface area (Å²) < 4.78 is 52.3. The summed E-state index contributed by atoms with van der Waals surface area (Å²) in [6.45, 7) is -0.0709. The summed E-state index contributed by atoms with van der Waals surface area (Å²) in [6.07, 6.45) is 0. The van der Waals surface area contributed by atoms with Crippen molar-refractivity contribution in [2.24, 2.45) is 0 Å². The Bertz CT molecular complexity index is 706. The molecule has 0 aliphatic carbocycles. The number of hydrogen-bond donors (Lipinski definition) is 1. The second kappa shape index (κ2) is 6.13. The maximum Gasteiger partial charge on any atom is 0.254 e. The monoisotopic (exact) mass is 317 g/mol. The zero-order valence-corrected chi connectivity index (χ0v) is 11.1. The van der Waals surface area contributed by atoms with Gasteiger partial charge in [0.2, 0.25) is 0 Å². The Morgan fingerprint density at radius 2 is 1.71 bits per heavy atom. The lowest BCUT2D eigenvalue weighted by atomic mass is 10.1. The molecule has 0 atom stereocenters. The fourth-order valence-electron chi connectivity index (χ4n) is 1.65. The summed E-state index contributed by atoms with van der Waals surface area (Å²) in [6, 6.07) is 6.85. The molecule has 0 saturated carbocycles. The number of nitrogens with one attached hydrogen (secondary N) is 1. The lowest BCUT2D eigenvalue weighted by Crippen LogP contribution is -2.25. The first kappa shape index (κ1) is 15.3. The van der Waals surface area contributed by atoms with Gasteiger partial charge in [0.25, 0.3) is 5.91 Å². The number of amides is 1. The van der Waals surface area contributed by atoms with Gasteiger partial charge in [-0.25, -0.2) is 17.6 Å². The molecule has 0 spiro atoms. The van der Waals surface area contributed by atoms with Gasteiger partial charge in [0.1, 0.15) is 0 Å². The van der Waals surface area contributed by atoms with Crippen LogP contribution < -0.4 is 5.32 Å². The molecule has 2 aromatic rings. The number of carbonyl (C=O) groups is 1. The summed E-state index contributed by atoms with van der Waals surface area (Å²) in [7, 11) is 0. The Morgan fingerprint density at radius 1 is 1.05 bits per heavy atom. The molecule has 2 rings (SSSR count). The van der Waals surface area contributed by atoms with Crippen LogP contribution in [0.3, 0.4) is 0 Å². The van der Waals surface area contributed by atoms with E-state index in [1.54, 1.807) is 24.3 Å². The Hall–Kier alpha value is -2.08. The van der Waals surface area contributed by atoms with Crippen molar-refractivity contribution in [1.29, 1.82) is 0 Å². The average molecular weight is 318 g/mol. The third kappa shape index (κ3) is 3.16. The molecule has 1 amide bonds. The van der Waals surface area contributed by atoms with E-state index in [9.17, 15) is 22.4 Å². The third-order valence-corrected chi connectivity index (χ3v) is 3.11. The van der Waals surface area contributed by atoms with Crippen molar-refractivity contribution in [3.63, 3.8) is 0 Å². The van der Waals surface area contributed by atoms with Gasteiger partial charge in [0, 0.05) is 11.6 Å². The van der Waals surface area contributed by atoms with Crippen LogP contribution in [0.1, 0.15) is 15.9 Å². The average Bonchev–Trinajstić information content (AvgIpc) is 2.47. The van der Waals surface area contributed by atoms with Crippen LogP contribution in [0.5, 0.6) is 0 Å². The van der Waals surface area contributed by atoms with Crippen molar-refractivity contribution in [3.8, 4) is 0 Å². The summed E-state index contributed by atoms with van der Waals surface area (Å²) in [5.74, 6) is -8.46. The first-order chi connectivity index (χ1) is 9.91. The zero-order valence-electron chi connectivity index (χ0n) is 10.4. The lowest BCUT2D eigenvalue weighted by molar-refractivity contribution is 0.0945. The largest absolute Gasteiger partial charge is 0.348 e. The van der Waals surface area contributed by atoms with Crippen molar-refractivity contribution < 1.29 is 22.4 Å². The molecule has 0 bridgehead atoms. The molecule has 0 aliphatic rings. The maximum atomic E-state index is 13.4. The predicted octanol–water partition coefficient (Wildman–Crippen LogP) is 3.83. The van der Waals surface area contributed by atoms with Crippen LogP contribution in [0.25, 0.3) is 0 Å². The zero-order chi connectivity index (χ0) is 15.6. The molecule has 7 heteroatoms. The number of hydrogen-bond acceptors (Lipinski definition) is 1. The summed E-state index contributed by atoms with van der Waals surface area (Å²) in [4.78, 5) is 11.7. The van der Waals surface area contributed by atoms with E-state index in [1.165, 1.54) is 0 Å². The van der Waals surface area contributed by atoms with E-state index >= 15 is 0 Å². The van der Waals surface area contributed by atoms with E-state index in [-0.39, 0.29) is 6.54 Å². The molecule has 2 aromatic carbocycles. The van der Waals surface area contributed by atoms with Crippen LogP contribution >= 0.6 is 11.6 Å². The fraction of sp³-hybridized carbons (Fsp3) is 0.0714. The molecular formula is C14H8ClF4NO. The van der Waals surface area contributed by atoms with E-state index in [2.05, 4.69) is 5.32 Å². The van der Waals surface area contributed by atoms with Crippen molar-refractivity contribution in [3.05, 3.63) is 69.8 Å². The Balaban J connectivity index is 2.20. The SMILES string of the molecule is O=C(NCc1ccccc1Cl)c1cc(F)c(F)c(F)c1F. The molecule has 0 radical (unpaired) electrons. The predicted molar refractivity (Wildman–Crippen MR) is 68.9 cm³/mol. The van der Waals surface area contributed by atoms with E-state index < -0.39 is 34.7 Å². The molecule has 21 heavy (non-hydrogen) atoms. The van der Waals surface area contributed by atoms with Crippen LogP contribution in [0.15, 0.2) is 30.3 Å². The van der Waals surface area contributed by atoms with E-state index in [4.69, 9.17) is 11.6 Å². The van der Waals surface area contributed by atoms with Crippen LogP contribution in [-0.2, 0) is 6.54 Å². The van der Waals surface area contributed by atoms with Gasteiger partial charge in [-0.2, -0.15) is 0 Å². The van der Waals surface area contributed by atoms with Crippen LogP contribution in [0.4, 0.5) is 17.6 Å². The highest BCUT2D eigenvalue weighted by molar-refractivity contribution is 6.31. The van der Waals surface area contributed by atoms with Gasteiger partial charge in [-0.05, 0) is 17.7 Å². The molecule has 1 N–H and O–H groups in total. The van der Waals surface area contributed by atoms with E-state index in [0.29, 0.717) is 16.7 Å². The molecule has 0 aromatic heterocycles. The van der Waals surface area contributed by atoms with Crippen molar-refractivity contribution >= 4 is 17.5 Å². The first-order valence-electron chi connectivity index (χ1n) is 5.76. The van der Waals surface area contributed by atoms with Gasteiger partial charge < -0.3 is 5.32 Å². The number of rotatable bonds is 3. The van der Waals surface area contributed by atoms with Gasteiger partial charge in [-0.1, -0.05) is 29.8 Å². The smallest absolute Gasteiger partial charge is 0.254 e. The second-order valence-corrected chi connectivity index (χ2v) is 4.53. The highest BCUT2D eigenvalue weighted by atomic mass is 35.5. The highest BCUT2D eigenvalue weighted by Gasteiger charge is 2.22. The van der Waals surface area contributed by atoms with Crippen molar-refractivity contribution in [2.75, 3.05) is 0 Å². The Kier molecular flexibility index (Phi) is 4.47. The standard InChI is InChI=1S/C14H8ClF4NO/c15-9-4-2-1-3-7(9)6-20-14(21)8-5-10(16)12(18)13(19)11(8)17/h1-5H,6H2,(H,20,21). The Labute approximate surface area is 122 Å². The molecule has 0 saturated heterocycles. The van der Waals surface area contributed by atoms with Gasteiger partial charge in [-0.3, -0.25) is 4.79 Å². The molecular weight excluding hydrogens is 310 g/mol. The van der Waals surface area contributed by atoms with Crippen molar-refractivity contribution in [1.82, 2.24) is 5.32 Å². The normalized spacial score (nSPS) is 10.5. The maximum absolute atomic E-state index is 13.4. The van der Waals surface area contributed by atoms with Gasteiger partial charge in [0.05, 0.1) is 5.56 Å². The van der Waals surface area contributed by atoms with Crippen molar-refractivity contribution in [2.45, 2.75) is 6.54 Å². The van der Waals surface area contributed by atoms with Crippen LogP contribution in [0.2, 0.25) is 5.02 Å². The summed E-state index contributed by atoms with van der Waals surface area (Å²) in [5, 5.41) is 2.62. The van der Waals surface area contributed by atoms with E-state index in [0.717, 1.165) is 0 Å². The summed E-state index contributed by atoms with van der Waals surface area (Å²) >= 11 is 5.86. The number of benzene rings is 2. The topological polar surface area (TPSA) is 29.1 Å². The fourth-order valence-corrected chi connectivity index (χ4v) is 1.85. The molecule has 0 fully saturated rings. The minimum Gasteiger partial charge on any atom is -0.348 e.